The summed E-state index contributed by atoms with van der Waals surface area (Å²) >= 11 is 13.5. The highest BCUT2D eigenvalue weighted by atomic mass is 79.9. The number of rotatable bonds is 2. The third kappa shape index (κ3) is 2.59. The van der Waals surface area contributed by atoms with Crippen molar-refractivity contribution in [2.45, 2.75) is 6.10 Å². The number of aliphatic hydroxyl groups is 1. The lowest BCUT2D eigenvalue weighted by molar-refractivity contribution is 0.185. The van der Waals surface area contributed by atoms with E-state index in [4.69, 9.17) is 5.73 Å². The van der Waals surface area contributed by atoms with Crippen LogP contribution in [0.3, 0.4) is 0 Å². The van der Waals surface area contributed by atoms with Gasteiger partial charge >= 0.3 is 0 Å². The van der Waals surface area contributed by atoms with Crippen molar-refractivity contribution in [3.05, 3.63) is 29.5 Å². The van der Waals surface area contributed by atoms with E-state index < -0.39 is 6.10 Å². The molecule has 0 aromatic heterocycles. The second-order valence-electron chi connectivity index (χ2n) is 2.63. The molecule has 0 aliphatic rings. The molecule has 1 rings (SSSR count). The summed E-state index contributed by atoms with van der Waals surface area (Å²) in [5, 5.41) is 9.71. The first-order valence-electron chi connectivity index (χ1n) is 3.70. The molecule has 0 saturated heterocycles. The van der Waals surface area contributed by atoms with E-state index in [1.54, 1.807) is 0 Å². The minimum Gasteiger partial charge on any atom is -0.387 e. The molecule has 0 spiro atoms. The highest BCUT2D eigenvalue weighted by molar-refractivity contribution is 9.14. The molecule has 2 nitrogen and oxygen atoms in total. The Bertz CT molecular complexity index is 329. The molecule has 0 radical (unpaired) electrons. The Morgan fingerprint density at radius 2 is 1.57 bits per heavy atom. The predicted octanol–water partition coefficient (Wildman–Crippen LogP) is 3.73. The van der Waals surface area contributed by atoms with Crippen LogP contribution in [0.25, 0.3) is 0 Å². The number of benzene rings is 1. The van der Waals surface area contributed by atoms with Crippen LogP contribution in [0.5, 0.6) is 0 Å². The summed E-state index contributed by atoms with van der Waals surface area (Å²) < 4.78 is 3.36. The molecule has 1 atom stereocenters. The van der Waals surface area contributed by atoms with Gasteiger partial charge in [0.2, 0.25) is 0 Å². The Balaban J connectivity index is 3.39. The summed E-state index contributed by atoms with van der Waals surface area (Å²) in [6.45, 7) is 0.181. The van der Waals surface area contributed by atoms with Gasteiger partial charge in [-0.2, -0.15) is 0 Å². The molecule has 0 aliphatic carbocycles. The van der Waals surface area contributed by atoms with E-state index in [-0.39, 0.29) is 6.54 Å². The maximum atomic E-state index is 9.71. The molecule has 6 heteroatoms. The summed E-state index contributed by atoms with van der Waals surface area (Å²) in [6, 6.07) is 1.89. The van der Waals surface area contributed by atoms with Crippen LogP contribution in [0, 0.1) is 0 Å². The highest BCUT2D eigenvalue weighted by Crippen LogP contribution is 2.40. The van der Waals surface area contributed by atoms with E-state index in [0.29, 0.717) is 0 Å². The topological polar surface area (TPSA) is 46.2 Å². The molecule has 1 aromatic carbocycles. The largest absolute Gasteiger partial charge is 0.387 e. The van der Waals surface area contributed by atoms with Crippen molar-refractivity contribution in [3.8, 4) is 0 Å². The monoisotopic (exact) mass is 449 g/mol. The third-order valence-corrected chi connectivity index (χ3v) is 5.73. The molecule has 3 N–H and O–H groups in total. The molecule has 14 heavy (non-hydrogen) atoms. The Morgan fingerprint density at radius 3 is 1.93 bits per heavy atom. The summed E-state index contributed by atoms with van der Waals surface area (Å²) in [5.41, 5.74) is 6.16. The van der Waals surface area contributed by atoms with E-state index in [1.807, 2.05) is 6.07 Å². The van der Waals surface area contributed by atoms with E-state index in [0.717, 1.165) is 23.5 Å². The lowest BCUT2D eigenvalue weighted by atomic mass is 10.1. The SMILES string of the molecule is NCC(O)c1c(Br)c(Br)cc(Br)c1Br. The van der Waals surface area contributed by atoms with Gasteiger partial charge in [-0.25, -0.2) is 0 Å². The highest BCUT2D eigenvalue weighted by Gasteiger charge is 2.18. The Kier molecular flexibility index (Phi) is 5.07. The fourth-order valence-corrected chi connectivity index (χ4v) is 3.61. The van der Waals surface area contributed by atoms with Crippen LogP contribution in [0.1, 0.15) is 11.7 Å². The lowest BCUT2D eigenvalue weighted by Gasteiger charge is -2.15. The molecule has 0 heterocycles. The normalized spacial score (nSPS) is 13.0. The van der Waals surface area contributed by atoms with Gasteiger partial charge in [-0.1, -0.05) is 0 Å². The molecular weight excluding hydrogens is 446 g/mol. The number of halogens is 4. The Morgan fingerprint density at radius 1 is 1.14 bits per heavy atom. The molecule has 78 valence electrons. The molecule has 0 aliphatic heterocycles. The van der Waals surface area contributed by atoms with Gasteiger partial charge < -0.3 is 10.8 Å². The first kappa shape index (κ1) is 13.1. The zero-order valence-electron chi connectivity index (χ0n) is 6.90. The maximum Gasteiger partial charge on any atom is 0.0934 e. The average molecular weight is 453 g/mol. The van der Waals surface area contributed by atoms with Crippen LogP contribution >= 0.6 is 63.7 Å². The first-order valence-corrected chi connectivity index (χ1v) is 6.87. The molecular formula is C8H7Br4NO. The predicted molar refractivity (Wildman–Crippen MR) is 71.3 cm³/mol. The van der Waals surface area contributed by atoms with Crippen molar-refractivity contribution < 1.29 is 5.11 Å². The second-order valence-corrected chi connectivity index (χ2v) is 5.93. The van der Waals surface area contributed by atoms with Crippen molar-refractivity contribution in [2.24, 2.45) is 5.73 Å². The fraction of sp³-hybridized carbons (Fsp3) is 0.250. The van der Waals surface area contributed by atoms with Crippen molar-refractivity contribution in [1.82, 2.24) is 0 Å². The quantitative estimate of drug-likeness (QED) is 0.672. The number of hydrogen-bond acceptors (Lipinski definition) is 2. The molecule has 0 amide bonds. The van der Waals surface area contributed by atoms with Crippen LogP contribution in [0.4, 0.5) is 0 Å². The smallest absolute Gasteiger partial charge is 0.0934 e. The van der Waals surface area contributed by atoms with Gasteiger partial charge in [0.1, 0.15) is 0 Å². The zero-order valence-corrected chi connectivity index (χ0v) is 13.2. The van der Waals surface area contributed by atoms with Crippen molar-refractivity contribution in [3.63, 3.8) is 0 Å². The summed E-state index contributed by atoms with van der Waals surface area (Å²) in [7, 11) is 0. The van der Waals surface area contributed by atoms with Gasteiger partial charge in [0.05, 0.1) is 6.10 Å². The molecule has 0 fully saturated rings. The molecule has 0 saturated carbocycles. The van der Waals surface area contributed by atoms with E-state index in [2.05, 4.69) is 63.7 Å². The average Bonchev–Trinajstić information content (AvgIpc) is 2.15. The van der Waals surface area contributed by atoms with Gasteiger partial charge in [-0.15, -0.1) is 0 Å². The molecule has 1 unspecified atom stereocenters. The van der Waals surface area contributed by atoms with Crippen molar-refractivity contribution in [2.75, 3.05) is 6.54 Å². The summed E-state index contributed by atoms with van der Waals surface area (Å²) in [5.74, 6) is 0. The Labute approximate surface area is 116 Å². The summed E-state index contributed by atoms with van der Waals surface area (Å²) in [6.07, 6.45) is -0.687. The summed E-state index contributed by atoms with van der Waals surface area (Å²) in [4.78, 5) is 0. The van der Waals surface area contributed by atoms with Crippen LogP contribution in [-0.4, -0.2) is 11.7 Å². The van der Waals surface area contributed by atoms with Gasteiger partial charge in [-0.05, 0) is 69.8 Å². The standard InChI is InChI=1S/C8H7Br4NO/c9-3-1-4(10)8(12)6(7(3)11)5(14)2-13/h1,5,14H,2,13H2. The fourth-order valence-electron chi connectivity index (χ4n) is 1.00. The van der Waals surface area contributed by atoms with Gasteiger partial charge in [0.25, 0.3) is 0 Å². The Hall–Kier alpha value is 1.06. The maximum absolute atomic E-state index is 9.71. The number of hydrogen-bond donors (Lipinski definition) is 2. The van der Waals surface area contributed by atoms with Crippen molar-refractivity contribution >= 4 is 63.7 Å². The molecule has 1 aromatic rings. The van der Waals surface area contributed by atoms with E-state index in [9.17, 15) is 5.11 Å². The first-order chi connectivity index (χ1) is 6.49. The van der Waals surface area contributed by atoms with Crippen LogP contribution < -0.4 is 5.73 Å². The van der Waals surface area contributed by atoms with Gasteiger partial charge in [0.15, 0.2) is 0 Å². The van der Waals surface area contributed by atoms with E-state index >= 15 is 0 Å². The van der Waals surface area contributed by atoms with Crippen molar-refractivity contribution in [1.29, 1.82) is 0 Å². The second kappa shape index (κ2) is 5.41. The molecule has 0 bridgehead atoms. The third-order valence-electron chi connectivity index (χ3n) is 1.70. The van der Waals surface area contributed by atoms with Crippen LogP contribution in [0.15, 0.2) is 24.0 Å². The van der Waals surface area contributed by atoms with Crippen LogP contribution in [0.2, 0.25) is 0 Å². The van der Waals surface area contributed by atoms with Crippen LogP contribution in [-0.2, 0) is 0 Å². The minimum atomic E-state index is -0.687. The van der Waals surface area contributed by atoms with E-state index in [1.165, 1.54) is 0 Å². The minimum absolute atomic E-state index is 0.181. The van der Waals surface area contributed by atoms with Gasteiger partial charge in [-0.3, -0.25) is 0 Å². The number of nitrogens with two attached hydrogens (primary N) is 1. The zero-order chi connectivity index (χ0) is 10.9. The number of aliphatic hydroxyl groups excluding tert-OH is 1. The van der Waals surface area contributed by atoms with Gasteiger partial charge in [0, 0.05) is 30.0 Å². The lowest BCUT2D eigenvalue weighted by Crippen LogP contribution is -2.13.